The van der Waals surface area contributed by atoms with E-state index in [0.29, 0.717) is 0 Å². The predicted molar refractivity (Wildman–Crippen MR) is 55.6 cm³/mol. The van der Waals surface area contributed by atoms with E-state index >= 15 is 0 Å². The lowest BCUT2D eigenvalue weighted by molar-refractivity contribution is 0.0358. The fourth-order valence-corrected chi connectivity index (χ4v) is 1.29. The van der Waals surface area contributed by atoms with Crippen LogP contribution in [-0.4, -0.2) is 7.11 Å². The van der Waals surface area contributed by atoms with E-state index in [1.165, 1.54) is 0 Å². The lowest BCUT2D eigenvalue weighted by Crippen LogP contribution is -2.25. The molecule has 13 heavy (non-hydrogen) atoms. The zero-order valence-electron chi connectivity index (χ0n) is 8.50. The van der Waals surface area contributed by atoms with Crippen LogP contribution in [0.4, 0.5) is 0 Å². The Morgan fingerprint density at radius 1 is 1.31 bits per heavy atom. The van der Waals surface area contributed by atoms with Gasteiger partial charge in [0.05, 0.1) is 0 Å². The zero-order chi connectivity index (χ0) is 9.90. The van der Waals surface area contributed by atoms with Crippen LogP contribution >= 0.6 is 0 Å². The summed E-state index contributed by atoms with van der Waals surface area (Å²) < 4.78 is 5.49. The topological polar surface area (TPSA) is 9.23 Å². The van der Waals surface area contributed by atoms with Crippen LogP contribution in [0.1, 0.15) is 19.4 Å². The van der Waals surface area contributed by atoms with Crippen molar-refractivity contribution in [3.05, 3.63) is 48.0 Å². The summed E-state index contributed by atoms with van der Waals surface area (Å²) in [5.41, 5.74) is 1.80. The highest BCUT2D eigenvalue weighted by Gasteiger charge is 2.26. The van der Waals surface area contributed by atoms with Crippen molar-refractivity contribution >= 4 is 0 Å². The number of ether oxygens (including phenoxy) is 1. The first-order valence-corrected chi connectivity index (χ1v) is 4.38. The Bertz CT molecular complexity index is 289. The van der Waals surface area contributed by atoms with Crippen molar-refractivity contribution in [2.24, 2.45) is 0 Å². The summed E-state index contributed by atoms with van der Waals surface area (Å²) in [5.74, 6) is 0. The Morgan fingerprint density at radius 2 is 1.85 bits per heavy atom. The first kappa shape index (κ1) is 10.0. The van der Waals surface area contributed by atoms with Gasteiger partial charge in [0.1, 0.15) is 5.60 Å². The summed E-state index contributed by atoms with van der Waals surface area (Å²) >= 11 is 0. The van der Waals surface area contributed by atoms with E-state index in [4.69, 9.17) is 4.74 Å². The summed E-state index contributed by atoms with van der Waals surface area (Å²) in [4.78, 5) is 0. The summed E-state index contributed by atoms with van der Waals surface area (Å²) in [6.07, 6.45) is 0. The van der Waals surface area contributed by atoms with Crippen molar-refractivity contribution in [1.82, 2.24) is 0 Å². The quantitative estimate of drug-likeness (QED) is 0.643. The molecule has 0 fully saturated rings. The third-order valence-electron chi connectivity index (χ3n) is 2.55. The van der Waals surface area contributed by atoms with Gasteiger partial charge in [-0.15, -0.1) is 0 Å². The van der Waals surface area contributed by atoms with Gasteiger partial charge in [-0.1, -0.05) is 36.9 Å². The Labute approximate surface area is 80.0 Å². The smallest absolute Gasteiger partial charge is 0.110 e. The molecule has 0 spiro atoms. The van der Waals surface area contributed by atoms with E-state index in [-0.39, 0.29) is 5.60 Å². The Morgan fingerprint density at radius 3 is 2.23 bits per heavy atom. The summed E-state index contributed by atoms with van der Waals surface area (Å²) in [7, 11) is 1.71. The van der Waals surface area contributed by atoms with Crippen LogP contribution in [0, 0.1) is 0 Å². The van der Waals surface area contributed by atoms with Crippen molar-refractivity contribution in [1.29, 1.82) is 0 Å². The molecule has 0 unspecified atom stereocenters. The molecule has 0 N–H and O–H groups in total. The maximum Gasteiger partial charge on any atom is 0.110 e. The van der Waals surface area contributed by atoms with Crippen LogP contribution in [0.25, 0.3) is 0 Å². The monoisotopic (exact) mass is 176 g/mol. The molecular formula is C12H16O. The molecule has 1 atom stereocenters. The highest BCUT2D eigenvalue weighted by Crippen LogP contribution is 2.30. The standard InChI is InChI=1S/C12H16O/c1-10(2)12(3,13-4)11-8-6-5-7-9-11/h5-9H,1H2,2-4H3/t12-/m0/s1. The summed E-state index contributed by atoms with van der Waals surface area (Å²) in [6, 6.07) is 10.1. The van der Waals surface area contributed by atoms with Crippen molar-refractivity contribution in [3.8, 4) is 0 Å². The Hall–Kier alpha value is -1.08. The van der Waals surface area contributed by atoms with Gasteiger partial charge in [-0.3, -0.25) is 0 Å². The second-order valence-electron chi connectivity index (χ2n) is 3.38. The molecule has 0 aliphatic rings. The van der Waals surface area contributed by atoms with Gasteiger partial charge < -0.3 is 4.74 Å². The van der Waals surface area contributed by atoms with Gasteiger partial charge in [-0.05, 0) is 25.0 Å². The number of rotatable bonds is 3. The fourth-order valence-electron chi connectivity index (χ4n) is 1.29. The van der Waals surface area contributed by atoms with Crippen LogP contribution in [0.15, 0.2) is 42.5 Å². The van der Waals surface area contributed by atoms with Crippen LogP contribution < -0.4 is 0 Å². The highest BCUT2D eigenvalue weighted by molar-refractivity contribution is 5.29. The Balaban J connectivity index is 3.11. The summed E-state index contributed by atoms with van der Waals surface area (Å²) in [5, 5.41) is 0. The van der Waals surface area contributed by atoms with Crippen molar-refractivity contribution in [2.45, 2.75) is 19.4 Å². The van der Waals surface area contributed by atoms with Crippen molar-refractivity contribution in [2.75, 3.05) is 7.11 Å². The van der Waals surface area contributed by atoms with Crippen molar-refractivity contribution in [3.63, 3.8) is 0 Å². The minimum Gasteiger partial charge on any atom is -0.369 e. The van der Waals surface area contributed by atoms with E-state index in [9.17, 15) is 0 Å². The lowest BCUT2D eigenvalue weighted by atomic mass is 9.89. The predicted octanol–water partition coefficient (Wildman–Crippen LogP) is 3.12. The molecule has 0 saturated carbocycles. The normalized spacial score (nSPS) is 15.0. The first-order chi connectivity index (χ1) is 6.11. The Kier molecular flexibility index (Phi) is 2.89. The van der Waals surface area contributed by atoms with Crippen LogP contribution in [-0.2, 0) is 10.3 Å². The molecule has 0 bridgehead atoms. The molecule has 0 aliphatic carbocycles. The largest absolute Gasteiger partial charge is 0.369 e. The number of methoxy groups -OCH3 is 1. The molecule has 0 radical (unpaired) electrons. The van der Waals surface area contributed by atoms with Gasteiger partial charge >= 0.3 is 0 Å². The van der Waals surface area contributed by atoms with E-state index in [1.807, 2.05) is 32.0 Å². The van der Waals surface area contributed by atoms with E-state index in [0.717, 1.165) is 11.1 Å². The molecule has 0 amide bonds. The molecule has 1 heteroatoms. The molecule has 0 aliphatic heterocycles. The van der Waals surface area contributed by atoms with Crippen LogP contribution in [0.5, 0.6) is 0 Å². The molecule has 0 aromatic heterocycles. The third-order valence-corrected chi connectivity index (χ3v) is 2.55. The average molecular weight is 176 g/mol. The second-order valence-corrected chi connectivity index (χ2v) is 3.38. The van der Waals surface area contributed by atoms with Gasteiger partial charge in [0.25, 0.3) is 0 Å². The van der Waals surface area contributed by atoms with E-state index < -0.39 is 0 Å². The van der Waals surface area contributed by atoms with Crippen LogP contribution in [0.2, 0.25) is 0 Å². The second kappa shape index (κ2) is 3.75. The molecule has 0 saturated heterocycles. The van der Waals surface area contributed by atoms with Gasteiger partial charge in [0.15, 0.2) is 0 Å². The highest BCUT2D eigenvalue weighted by atomic mass is 16.5. The fraction of sp³-hybridized carbons (Fsp3) is 0.333. The molecule has 0 heterocycles. The molecule has 1 aromatic rings. The van der Waals surface area contributed by atoms with E-state index in [2.05, 4.69) is 18.7 Å². The molecule has 1 nitrogen and oxygen atoms in total. The maximum atomic E-state index is 5.49. The molecular weight excluding hydrogens is 160 g/mol. The van der Waals surface area contributed by atoms with Gasteiger partial charge in [-0.2, -0.15) is 0 Å². The average Bonchev–Trinajstić information content (AvgIpc) is 2.17. The summed E-state index contributed by atoms with van der Waals surface area (Å²) in [6.45, 7) is 7.96. The first-order valence-electron chi connectivity index (χ1n) is 4.38. The lowest BCUT2D eigenvalue weighted by Gasteiger charge is -2.29. The van der Waals surface area contributed by atoms with E-state index in [1.54, 1.807) is 7.11 Å². The third kappa shape index (κ3) is 1.81. The van der Waals surface area contributed by atoms with Crippen LogP contribution in [0.3, 0.4) is 0 Å². The zero-order valence-corrected chi connectivity index (χ0v) is 8.50. The van der Waals surface area contributed by atoms with Crippen molar-refractivity contribution < 1.29 is 4.74 Å². The molecule has 1 aromatic carbocycles. The van der Waals surface area contributed by atoms with Gasteiger partial charge in [0, 0.05) is 7.11 Å². The molecule has 70 valence electrons. The number of benzene rings is 1. The van der Waals surface area contributed by atoms with Gasteiger partial charge in [-0.25, -0.2) is 0 Å². The molecule has 1 rings (SSSR count). The SMILES string of the molecule is C=C(C)[C@](C)(OC)c1ccccc1. The number of hydrogen-bond donors (Lipinski definition) is 0. The minimum atomic E-state index is -0.360. The van der Waals surface area contributed by atoms with Gasteiger partial charge in [0.2, 0.25) is 0 Å². The maximum absolute atomic E-state index is 5.49. The number of hydrogen-bond acceptors (Lipinski definition) is 1. The minimum absolute atomic E-state index is 0.360.